The molecule has 9 heteroatoms. The first kappa shape index (κ1) is 18.1. The van der Waals surface area contributed by atoms with Crippen molar-refractivity contribution in [3.63, 3.8) is 0 Å². The van der Waals surface area contributed by atoms with E-state index in [9.17, 15) is 0 Å². The quantitative estimate of drug-likeness (QED) is 0.372. The van der Waals surface area contributed by atoms with Crippen LogP contribution in [0.2, 0.25) is 5.02 Å². The molecule has 0 fully saturated rings. The van der Waals surface area contributed by atoms with E-state index in [-0.39, 0.29) is 5.11 Å². The lowest BCUT2D eigenvalue weighted by atomic mass is 10.3. The van der Waals surface area contributed by atoms with Crippen LogP contribution in [0.15, 0.2) is 53.8 Å². The molecule has 0 amide bonds. The van der Waals surface area contributed by atoms with E-state index in [2.05, 4.69) is 31.7 Å². The summed E-state index contributed by atoms with van der Waals surface area (Å²) in [5.74, 6) is 0. The van der Waals surface area contributed by atoms with Gasteiger partial charge in [0, 0.05) is 6.20 Å². The van der Waals surface area contributed by atoms with Crippen LogP contribution in [0.1, 0.15) is 12.6 Å². The zero-order valence-corrected chi connectivity index (χ0v) is 15.1. The second-order valence-electron chi connectivity index (χ2n) is 4.54. The molecule has 1 heterocycles. The maximum Gasteiger partial charge on any atom is 0.205 e. The van der Waals surface area contributed by atoms with Crippen LogP contribution in [0.5, 0.6) is 0 Å². The van der Waals surface area contributed by atoms with E-state index in [1.54, 1.807) is 12.3 Å². The Morgan fingerprint density at radius 2 is 1.75 bits per heavy atom. The fourth-order valence-corrected chi connectivity index (χ4v) is 2.07. The van der Waals surface area contributed by atoms with E-state index in [1.807, 2.05) is 43.3 Å². The number of aromatic nitrogens is 1. The molecule has 0 spiro atoms. The third-order valence-electron chi connectivity index (χ3n) is 2.77. The van der Waals surface area contributed by atoms with Crippen molar-refractivity contribution in [2.45, 2.75) is 6.92 Å². The van der Waals surface area contributed by atoms with Gasteiger partial charge in [0.2, 0.25) is 5.11 Å². The molecule has 0 atom stereocenters. The van der Waals surface area contributed by atoms with Crippen molar-refractivity contribution in [3.8, 4) is 0 Å². The number of benzene rings is 1. The lowest BCUT2D eigenvalue weighted by Crippen LogP contribution is -2.47. The molecular formula is C15H15ClN6S2. The SMILES string of the molecule is C/C(=N/NC(=S)NNC(=S)Nc1ccccc1Cl)c1ccccn1. The fourth-order valence-electron chi connectivity index (χ4n) is 1.63. The van der Waals surface area contributed by atoms with Crippen LogP contribution < -0.4 is 21.6 Å². The fraction of sp³-hybridized carbons (Fsp3) is 0.0667. The van der Waals surface area contributed by atoms with Crippen molar-refractivity contribution in [2.75, 3.05) is 5.32 Å². The number of para-hydroxylation sites is 1. The summed E-state index contributed by atoms with van der Waals surface area (Å²) in [6, 6.07) is 12.9. The van der Waals surface area contributed by atoms with Crippen molar-refractivity contribution in [3.05, 3.63) is 59.4 Å². The van der Waals surface area contributed by atoms with Gasteiger partial charge in [-0.25, -0.2) is 0 Å². The standard InChI is InChI=1S/C15H15ClN6S2/c1-10(12-7-4-5-9-17-12)19-21-15(24)22-20-14(23)18-13-8-3-2-6-11(13)16/h2-9H,1H3,(H2,18,20,23)(H2,21,22,24)/b19-10-. The van der Waals surface area contributed by atoms with Gasteiger partial charge < -0.3 is 5.32 Å². The number of rotatable bonds is 3. The maximum atomic E-state index is 6.04. The molecular weight excluding hydrogens is 364 g/mol. The van der Waals surface area contributed by atoms with Gasteiger partial charge in [-0.05, 0) is 55.6 Å². The molecule has 0 bridgehead atoms. The third kappa shape index (κ3) is 5.73. The minimum Gasteiger partial charge on any atom is -0.330 e. The summed E-state index contributed by atoms with van der Waals surface area (Å²) < 4.78 is 0. The maximum absolute atomic E-state index is 6.04. The minimum absolute atomic E-state index is 0.258. The van der Waals surface area contributed by atoms with Gasteiger partial charge in [0.05, 0.1) is 22.1 Å². The largest absolute Gasteiger partial charge is 0.330 e. The molecule has 1 aromatic carbocycles. The Hall–Kier alpha value is -2.29. The molecule has 0 radical (unpaired) electrons. The summed E-state index contributed by atoms with van der Waals surface area (Å²) in [6.07, 6.45) is 1.70. The van der Waals surface area contributed by atoms with Crippen molar-refractivity contribution < 1.29 is 0 Å². The summed E-state index contributed by atoms with van der Waals surface area (Å²) in [4.78, 5) is 4.19. The molecule has 2 aromatic rings. The second kappa shape index (κ2) is 9.11. The molecule has 0 saturated carbocycles. The average molecular weight is 379 g/mol. The van der Waals surface area contributed by atoms with Crippen LogP contribution in [0.3, 0.4) is 0 Å². The van der Waals surface area contributed by atoms with Gasteiger partial charge in [0.15, 0.2) is 5.11 Å². The van der Waals surface area contributed by atoms with Gasteiger partial charge in [-0.2, -0.15) is 5.10 Å². The van der Waals surface area contributed by atoms with Gasteiger partial charge >= 0.3 is 0 Å². The van der Waals surface area contributed by atoms with Crippen LogP contribution in [0, 0.1) is 0 Å². The predicted octanol–water partition coefficient (Wildman–Crippen LogP) is 2.82. The van der Waals surface area contributed by atoms with Crippen molar-refractivity contribution in [1.82, 2.24) is 21.3 Å². The molecule has 6 nitrogen and oxygen atoms in total. The first-order chi connectivity index (χ1) is 11.6. The Morgan fingerprint density at radius 1 is 1.04 bits per heavy atom. The predicted molar refractivity (Wildman–Crippen MR) is 106 cm³/mol. The molecule has 4 N–H and O–H groups in total. The highest BCUT2D eigenvalue weighted by Gasteiger charge is 2.02. The number of pyridine rings is 1. The first-order valence-electron chi connectivity index (χ1n) is 6.89. The molecule has 124 valence electrons. The van der Waals surface area contributed by atoms with Gasteiger partial charge in [-0.1, -0.05) is 29.8 Å². The number of thiocarbonyl (C=S) groups is 2. The van der Waals surface area contributed by atoms with Crippen LogP contribution >= 0.6 is 36.0 Å². The Morgan fingerprint density at radius 3 is 2.46 bits per heavy atom. The number of hydrazine groups is 1. The highest BCUT2D eigenvalue weighted by Crippen LogP contribution is 2.19. The summed E-state index contributed by atoms with van der Waals surface area (Å²) in [5.41, 5.74) is 10.3. The van der Waals surface area contributed by atoms with E-state index in [0.29, 0.717) is 21.5 Å². The second-order valence-corrected chi connectivity index (χ2v) is 5.76. The molecule has 0 aliphatic heterocycles. The Labute approximate surface area is 155 Å². The van der Waals surface area contributed by atoms with E-state index in [1.165, 1.54) is 0 Å². The zero-order valence-electron chi connectivity index (χ0n) is 12.7. The average Bonchev–Trinajstić information content (AvgIpc) is 2.60. The van der Waals surface area contributed by atoms with Gasteiger partial charge in [-0.3, -0.25) is 21.3 Å². The number of anilines is 1. The highest BCUT2D eigenvalue weighted by molar-refractivity contribution is 7.80. The number of hydrogen-bond donors (Lipinski definition) is 4. The highest BCUT2D eigenvalue weighted by atomic mass is 35.5. The minimum atomic E-state index is 0.258. The molecule has 24 heavy (non-hydrogen) atoms. The van der Waals surface area contributed by atoms with Crippen molar-refractivity contribution in [2.24, 2.45) is 5.10 Å². The smallest absolute Gasteiger partial charge is 0.205 e. The Bertz CT molecular complexity index is 751. The number of hydrogen-bond acceptors (Lipinski definition) is 4. The van der Waals surface area contributed by atoms with Crippen molar-refractivity contribution in [1.29, 1.82) is 0 Å². The molecule has 0 saturated heterocycles. The molecule has 1 aromatic heterocycles. The van der Waals surface area contributed by atoms with Crippen molar-refractivity contribution >= 4 is 57.7 Å². The summed E-state index contributed by atoms with van der Waals surface area (Å²) in [5, 5.41) is 8.24. The van der Waals surface area contributed by atoms with Crippen LogP contribution in [-0.4, -0.2) is 20.9 Å². The van der Waals surface area contributed by atoms with E-state index < -0.39 is 0 Å². The summed E-state index contributed by atoms with van der Waals surface area (Å²) in [6.45, 7) is 1.83. The Kier molecular flexibility index (Phi) is 6.86. The molecule has 0 aliphatic carbocycles. The van der Waals surface area contributed by atoms with E-state index in [4.69, 9.17) is 36.0 Å². The topological polar surface area (TPSA) is 73.4 Å². The van der Waals surface area contributed by atoms with Gasteiger partial charge in [-0.15, -0.1) is 0 Å². The van der Waals surface area contributed by atoms with Gasteiger partial charge in [0.25, 0.3) is 0 Å². The summed E-state index contributed by atoms with van der Waals surface area (Å²) in [7, 11) is 0. The lowest BCUT2D eigenvalue weighted by molar-refractivity contribution is 0.834. The molecule has 0 aliphatic rings. The number of halogens is 1. The lowest BCUT2D eigenvalue weighted by Gasteiger charge is -2.13. The van der Waals surface area contributed by atoms with Crippen LogP contribution in [-0.2, 0) is 0 Å². The number of hydrazone groups is 1. The van der Waals surface area contributed by atoms with Gasteiger partial charge in [0.1, 0.15) is 0 Å². The van der Waals surface area contributed by atoms with E-state index in [0.717, 1.165) is 5.69 Å². The third-order valence-corrected chi connectivity index (χ3v) is 3.50. The van der Waals surface area contributed by atoms with Crippen LogP contribution in [0.4, 0.5) is 5.69 Å². The zero-order chi connectivity index (χ0) is 17.4. The normalized spacial score (nSPS) is 10.7. The van der Waals surface area contributed by atoms with E-state index >= 15 is 0 Å². The first-order valence-corrected chi connectivity index (χ1v) is 8.09. The molecule has 2 rings (SSSR count). The molecule has 0 unspecified atom stereocenters. The van der Waals surface area contributed by atoms with Crippen LogP contribution in [0.25, 0.3) is 0 Å². The summed E-state index contributed by atoms with van der Waals surface area (Å²) >= 11 is 16.3. The number of nitrogens with one attached hydrogen (secondary N) is 4. The monoisotopic (exact) mass is 378 g/mol. The number of nitrogens with zero attached hydrogens (tertiary/aromatic N) is 2. The Balaban J connectivity index is 1.79.